The molecule has 21 heavy (non-hydrogen) atoms. The van der Waals surface area contributed by atoms with Gasteiger partial charge in [-0.2, -0.15) is 0 Å². The average molecular weight is 298 g/mol. The van der Waals surface area contributed by atoms with Crippen LogP contribution < -0.4 is 5.32 Å². The van der Waals surface area contributed by atoms with Gasteiger partial charge in [0.2, 0.25) is 0 Å². The Morgan fingerprint density at radius 3 is 2.29 bits per heavy atom. The predicted octanol–water partition coefficient (Wildman–Crippen LogP) is 3.21. The second-order valence-corrected chi connectivity index (χ2v) is 7.04. The predicted molar refractivity (Wildman–Crippen MR) is 93.9 cm³/mol. The maximum atomic E-state index is 3.77. The molecule has 3 atom stereocenters. The summed E-state index contributed by atoms with van der Waals surface area (Å²) in [5, 5.41) is 3.77. The van der Waals surface area contributed by atoms with Gasteiger partial charge in [-0.25, -0.2) is 0 Å². The van der Waals surface area contributed by atoms with Crippen LogP contribution in [-0.2, 0) is 0 Å². The lowest BCUT2D eigenvalue weighted by Gasteiger charge is -2.43. The van der Waals surface area contributed by atoms with E-state index >= 15 is 0 Å². The van der Waals surface area contributed by atoms with E-state index in [0.717, 1.165) is 18.5 Å². The molecule has 1 fully saturated rings. The molecule has 0 spiro atoms. The Morgan fingerprint density at radius 2 is 1.71 bits per heavy atom. The second-order valence-electron chi connectivity index (χ2n) is 7.04. The molecular formula is C18H39N3. The fourth-order valence-electron chi connectivity index (χ4n) is 3.86. The van der Waals surface area contributed by atoms with Crippen LogP contribution in [0.2, 0.25) is 0 Å². The molecule has 0 amide bonds. The topological polar surface area (TPSA) is 18.5 Å². The van der Waals surface area contributed by atoms with Gasteiger partial charge >= 0.3 is 0 Å². The first-order valence-electron chi connectivity index (χ1n) is 9.24. The summed E-state index contributed by atoms with van der Waals surface area (Å²) in [6, 6.07) is 1.45. The minimum atomic E-state index is 0.705. The number of rotatable bonds is 10. The van der Waals surface area contributed by atoms with Gasteiger partial charge in [0.25, 0.3) is 0 Å². The van der Waals surface area contributed by atoms with Crippen LogP contribution in [-0.4, -0.2) is 62.2 Å². The molecule has 0 bridgehead atoms. The summed E-state index contributed by atoms with van der Waals surface area (Å²) in [6.45, 7) is 11.6. The highest BCUT2D eigenvalue weighted by molar-refractivity contribution is 4.91. The fraction of sp³-hybridized carbons (Fsp3) is 1.00. The number of hydrogen-bond acceptors (Lipinski definition) is 3. The van der Waals surface area contributed by atoms with E-state index in [4.69, 9.17) is 0 Å². The van der Waals surface area contributed by atoms with E-state index < -0.39 is 0 Å². The minimum absolute atomic E-state index is 0.705. The molecule has 126 valence electrons. The monoisotopic (exact) mass is 297 g/mol. The van der Waals surface area contributed by atoms with Crippen LogP contribution in [0.3, 0.4) is 0 Å². The van der Waals surface area contributed by atoms with Gasteiger partial charge in [0.1, 0.15) is 0 Å². The lowest BCUT2D eigenvalue weighted by atomic mass is 9.79. The van der Waals surface area contributed by atoms with Crippen molar-refractivity contribution in [2.24, 2.45) is 5.92 Å². The highest BCUT2D eigenvalue weighted by atomic mass is 15.2. The summed E-state index contributed by atoms with van der Waals surface area (Å²) in [5.41, 5.74) is 0. The number of likely N-dealkylation sites (N-methyl/N-ethyl adjacent to an activating group) is 2. The smallest absolute Gasteiger partial charge is 0.0252 e. The van der Waals surface area contributed by atoms with Gasteiger partial charge in [0.05, 0.1) is 0 Å². The van der Waals surface area contributed by atoms with Gasteiger partial charge in [-0.1, -0.05) is 33.6 Å². The van der Waals surface area contributed by atoms with Crippen molar-refractivity contribution in [2.75, 3.05) is 40.3 Å². The minimum Gasteiger partial charge on any atom is -0.313 e. The molecule has 1 aliphatic rings. The molecule has 3 heteroatoms. The van der Waals surface area contributed by atoms with Crippen LogP contribution in [0.1, 0.15) is 59.3 Å². The van der Waals surface area contributed by atoms with E-state index in [1.807, 2.05) is 0 Å². The SMILES string of the molecule is CCCC1CCC(NCC)C(N(CCC)CCN(C)C)C1. The molecular weight excluding hydrogens is 258 g/mol. The van der Waals surface area contributed by atoms with Gasteiger partial charge < -0.3 is 10.2 Å². The van der Waals surface area contributed by atoms with Crippen LogP contribution in [0.15, 0.2) is 0 Å². The van der Waals surface area contributed by atoms with Gasteiger partial charge in [-0.15, -0.1) is 0 Å². The molecule has 0 aromatic carbocycles. The Labute approximate surface area is 133 Å². The number of hydrogen-bond donors (Lipinski definition) is 1. The standard InChI is InChI=1S/C18H39N3/c1-6-9-16-10-11-17(19-8-3)18(15-16)21(12-7-2)14-13-20(4)5/h16-19H,6-15H2,1-5H3. The van der Waals surface area contributed by atoms with Crippen molar-refractivity contribution >= 4 is 0 Å². The third kappa shape index (κ3) is 6.66. The van der Waals surface area contributed by atoms with Crippen LogP contribution in [0, 0.1) is 5.92 Å². The first kappa shape index (κ1) is 18.9. The maximum absolute atomic E-state index is 3.77. The molecule has 3 unspecified atom stereocenters. The molecule has 3 nitrogen and oxygen atoms in total. The van der Waals surface area contributed by atoms with Crippen molar-refractivity contribution in [2.45, 2.75) is 71.4 Å². The van der Waals surface area contributed by atoms with E-state index in [9.17, 15) is 0 Å². The van der Waals surface area contributed by atoms with Gasteiger partial charge in [0, 0.05) is 25.2 Å². The zero-order chi connectivity index (χ0) is 15.7. The van der Waals surface area contributed by atoms with Gasteiger partial charge in [-0.05, 0) is 58.8 Å². The lowest BCUT2D eigenvalue weighted by Crippen LogP contribution is -2.54. The average Bonchev–Trinajstić information content (AvgIpc) is 2.45. The molecule has 0 aliphatic heterocycles. The molecule has 1 aliphatic carbocycles. The summed E-state index contributed by atoms with van der Waals surface area (Å²) in [4.78, 5) is 5.09. The fourth-order valence-corrected chi connectivity index (χ4v) is 3.86. The van der Waals surface area contributed by atoms with E-state index in [2.05, 4.69) is 50.0 Å². The van der Waals surface area contributed by atoms with E-state index in [1.54, 1.807) is 0 Å². The van der Waals surface area contributed by atoms with Crippen molar-refractivity contribution in [1.82, 2.24) is 15.1 Å². The summed E-state index contributed by atoms with van der Waals surface area (Å²) >= 11 is 0. The van der Waals surface area contributed by atoms with E-state index in [-0.39, 0.29) is 0 Å². The van der Waals surface area contributed by atoms with E-state index in [0.29, 0.717) is 6.04 Å². The summed E-state index contributed by atoms with van der Waals surface area (Å²) in [6.07, 6.45) is 8.22. The highest BCUT2D eigenvalue weighted by Gasteiger charge is 2.33. The Morgan fingerprint density at radius 1 is 0.952 bits per heavy atom. The van der Waals surface area contributed by atoms with E-state index in [1.165, 1.54) is 58.2 Å². The zero-order valence-corrected chi connectivity index (χ0v) is 15.2. The lowest BCUT2D eigenvalue weighted by molar-refractivity contribution is 0.0880. The van der Waals surface area contributed by atoms with Gasteiger partial charge in [0.15, 0.2) is 0 Å². The Hall–Kier alpha value is -0.120. The van der Waals surface area contributed by atoms with Crippen molar-refractivity contribution in [3.63, 3.8) is 0 Å². The Kier molecular flexibility index (Phi) is 9.54. The molecule has 1 N–H and O–H groups in total. The Balaban J connectivity index is 2.69. The molecule has 0 aromatic rings. The summed E-state index contributed by atoms with van der Waals surface area (Å²) < 4.78 is 0. The molecule has 1 saturated carbocycles. The zero-order valence-electron chi connectivity index (χ0n) is 15.2. The summed E-state index contributed by atoms with van der Waals surface area (Å²) in [7, 11) is 4.37. The second kappa shape index (κ2) is 10.6. The third-order valence-corrected chi connectivity index (χ3v) is 4.90. The molecule has 0 aromatic heterocycles. The Bertz CT molecular complexity index is 255. The highest BCUT2D eigenvalue weighted by Crippen LogP contribution is 2.31. The molecule has 1 rings (SSSR count). The van der Waals surface area contributed by atoms with Crippen molar-refractivity contribution in [3.8, 4) is 0 Å². The van der Waals surface area contributed by atoms with Crippen molar-refractivity contribution in [3.05, 3.63) is 0 Å². The molecule has 0 heterocycles. The maximum Gasteiger partial charge on any atom is 0.0252 e. The van der Waals surface area contributed by atoms with Gasteiger partial charge in [-0.3, -0.25) is 4.90 Å². The first-order chi connectivity index (χ1) is 10.1. The molecule has 0 radical (unpaired) electrons. The largest absolute Gasteiger partial charge is 0.313 e. The van der Waals surface area contributed by atoms with Crippen LogP contribution >= 0.6 is 0 Å². The number of nitrogens with one attached hydrogen (secondary N) is 1. The quantitative estimate of drug-likeness (QED) is 0.668. The van der Waals surface area contributed by atoms with Crippen molar-refractivity contribution in [1.29, 1.82) is 0 Å². The van der Waals surface area contributed by atoms with Crippen LogP contribution in [0.5, 0.6) is 0 Å². The molecule has 0 saturated heterocycles. The summed E-state index contributed by atoms with van der Waals surface area (Å²) in [5.74, 6) is 0.952. The van der Waals surface area contributed by atoms with Crippen molar-refractivity contribution < 1.29 is 0 Å². The first-order valence-corrected chi connectivity index (χ1v) is 9.24. The van der Waals surface area contributed by atoms with Crippen LogP contribution in [0.25, 0.3) is 0 Å². The third-order valence-electron chi connectivity index (χ3n) is 4.90. The van der Waals surface area contributed by atoms with Crippen LogP contribution in [0.4, 0.5) is 0 Å². The number of nitrogens with zero attached hydrogens (tertiary/aromatic N) is 2. The normalized spacial score (nSPS) is 26.7.